The number of nitrogens with one attached hydrogen (secondary N) is 1. The first-order valence-corrected chi connectivity index (χ1v) is 6.65. The molecule has 1 aromatic carbocycles. The van der Waals surface area contributed by atoms with Gasteiger partial charge in [0.15, 0.2) is 0 Å². The van der Waals surface area contributed by atoms with Crippen LogP contribution in [0.5, 0.6) is 11.6 Å². The number of aromatic nitrogens is 1. The summed E-state index contributed by atoms with van der Waals surface area (Å²) in [6.45, 7) is 4.15. The van der Waals surface area contributed by atoms with Crippen molar-refractivity contribution in [2.45, 2.75) is 25.5 Å². The van der Waals surface area contributed by atoms with Crippen LogP contribution < -0.4 is 14.8 Å². The standard InChI is InChI=1S/C16H18N2O2/c1-16(2)14(11-7-4-5-9-13(11)20-16)18-12-8-6-10-17-15(12)19-3/h4-10,14,18H,1-3H3. The summed E-state index contributed by atoms with van der Waals surface area (Å²) in [7, 11) is 1.62. The second-order valence-electron chi connectivity index (χ2n) is 5.38. The van der Waals surface area contributed by atoms with Gasteiger partial charge in [0.2, 0.25) is 5.88 Å². The first-order chi connectivity index (χ1) is 9.62. The Labute approximate surface area is 118 Å². The number of benzene rings is 1. The third kappa shape index (κ3) is 2.07. The maximum atomic E-state index is 6.03. The van der Waals surface area contributed by atoms with E-state index in [0.717, 1.165) is 17.0 Å². The van der Waals surface area contributed by atoms with Gasteiger partial charge < -0.3 is 14.8 Å². The molecule has 0 saturated heterocycles. The van der Waals surface area contributed by atoms with Crippen molar-refractivity contribution in [1.82, 2.24) is 4.98 Å². The molecule has 0 saturated carbocycles. The number of fused-ring (bicyclic) bond motifs is 1. The normalized spacial score (nSPS) is 19.1. The lowest BCUT2D eigenvalue weighted by atomic mass is 9.94. The van der Waals surface area contributed by atoms with E-state index in [1.54, 1.807) is 13.3 Å². The van der Waals surface area contributed by atoms with E-state index in [2.05, 4.69) is 30.2 Å². The first kappa shape index (κ1) is 12.8. The zero-order valence-corrected chi connectivity index (χ0v) is 11.9. The molecular formula is C16H18N2O2. The molecule has 0 aliphatic carbocycles. The van der Waals surface area contributed by atoms with Gasteiger partial charge in [0.05, 0.1) is 18.8 Å². The number of methoxy groups -OCH3 is 1. The number of hydrogen-bond acceptors (Lipinski definition) is 4. The van der Waals surface area contributed by atoms with Crippen LogP contribution in [-0.4, -0.2) is 17.7 Å². The summed E-state index contributed by atoms with van der Waals surface area (Å²) >= 11 is 0. The lowest BCUT2D eigenvalue weighted by molar-refractivity contribution is 0.118. The maximum absolute atomic E-state index is 6.03. The third-order valence-electron chi connectivity index (χ3n) is 3.56. The molecule has 2 heterocycles. The van der Waals surface area contributed by atoms with E-state index >= 15 is 0 Å². The van der Waals surface area contributed by atoms with Gasteiger partial charge in [-0.15, -0.1) is 0 Å². The molecule has 4 nitrogen and oxygen atoms in total. The minimum Gasteiger partial charge on any atom is -0.485 e. The number of ether oxygens (including phenoxy) is 2. The highest BCUT2D eigenvalue weighted by molar-refractivity contribution is 5.56. The Morgan fingerprint density at radius 1 is 1.20 bits per heavy atom. The van der Waals surface area contributed by atoms with Gasteiger partial charge in [-0.2, -0.15) is 0 Å². The van der Waals surface area contributed by atoms with E-state index in [9.17, 15) is 0 Å². The summed E-state index contributed by atoms with van der Waals surface area (Å²) in [5.74, 6) is 1.52. The van der Waals surface area contributed by atoms with Crippen LogP contribution in [0.4, 0.5) is 5.69 Å². The maximum Gasteiger partial charge on any atom is 0.237 e. The molecule has 2 aromatic rings. The summed E-state index contributed by atoms with van der Waals surface area (Å²) in [6.07, 6.45) is 1.72. The Bertz CT molecular complexity index is 625. The SMILES string of the molecule is COc1ncccc1NC1c2ccccc2OC1(C)C. The van der Waals surface area contributed by atoms with Crippen LogP contribution in [0.15, 0.2) is 42.6 Å². The van der Waals surface area contributed by atoms with Gasteiger partial charge in [0, 0.05) is 11.8 Å². The van der Waals surface area contributed by atoms with Gasteiger partial charge in [-0.25, -0.2) is 4.98 Å². The summed E-state index contributed by atoms with van der Waals surface area (Å²) in [5, 5.41) is 3.49. The first-order valence-electron chi connectivity index (χ1n) is 6.65. The van der Waals surface area contributed by atoms with Gasteiger partial charge in [0.1, 0.15) is 11.4 Å². The van der Waals surface area contributed by atoms with E-state index in [1.165, 1.54) is 0 Å². The predicted molar refractivity (Wildman–Crippen MR) is 78.3 cm³/mol. The molecule has 0 spiro atoms. The monoisotopic (exact) mass is 270 g/mol. The Hall–Kier alpha value is -2.23. The second kappa shape index (κ2) is 4.71. The predicted octanol–water partition coefficient (Wildman–Crippen LogP) is 3.41. The molecule has 1 unspecified atom stereocenters. The van der Waals surface area contributed by atoms with Crippen molar-refractivity contribution in [3.05, 3.63) is 48.2 Å². The molecule has 3 rings (SSSR count). The third-order valence-corrected chi connectivity index (χ3v) is 3.56. The summed E-state index contributed by atoms with van der Waals surface area (Å²) in [6, 6.07) is 12.0. The van der Waals surface area contributed by atoms with Crippen LogP contribution in [0.25, 0.3) is 0 Å². The van der Waals surface area contributed by atoms with Crippen molar-refractivity contribution in [2.24, 2.45) is 0 Å². The van der Waals surface area contributed by atoms with Crippen LogP contribution in [0.3, 0.4) is 0 Å². The minimum absolute atomic E-state index is 0.0526. The quantitative estimate of drug-likeness (QED) is 0.928. The Balaban J connectivity index is 1.97. The van der Waals surface area contributed by atoms with E-state index in [4.69, 9.17) is 9.47 Å². The fraction of sp³-hybridized carbons (Fsp3) is 0.312. The Morgan fingerprint density at radius 2 is 2.00 bits per heavy atom. The zero-order valence-electron chi connectivity index (χ0n) is 11.9. The van der Waals surface area contributed by atoms with Crippen LogP contribution in [0, 0.1) is 0 Å². The molecule has 1 aliphatic rings. The van der Waals surface area contributed by atoms with Gasteiger partial charge >= 0.3 is 0 Å². The van der Waals surface area contributed by atoms with Gasteiger partial charge in [-0.3, -0.25) is 0 Å². The lowest BCUT2D eigenvalue weighted by Gasteiger charge is -2.28. The average molecular weight is 270 g/mol. The van der Waals surface area contributed by atoms with Crippen molar-refractivity contribution in [3.63, 3.8) is 0 Å². The number of nitrogens with zero attached hydrogens (tertiary/aromatic N) is 1. The topological polar surface area (TPSA) is 43.4 Å². The smallest absolute Gasteiger partial charge is 0.237 e. The molecule has 0 bridgehead atoms. The van der Waals surface area contributed by atoms with Crippen molar-refractivity contribution >= 4 is 5.69 Å². The molecule has 4 heteroatoms. The highest BCUT2D eigenvalue weighted by atomic mass is 16.5. The summed E-state index contributed by atoms with van der Waals surface area (Å²) < 4.78 is 11.3. The molecule has 0 radical (unpaired) electrons. The highest BCUT2D eigenvalue weighted by Crippen LogP contribution is 2.45. The van der Waals surface area contributed by atoms with Gasteiger partial charge in [-0.1, -0.05) is 18.2 Å². The van der Waals surface area contributed by atoms with Crippen LogP contribution in [0.2, 0.25) is 0 Å². The summed E-state index contributed by atoms with van der Waals surface area (Å²) in [4.78, 5) is 4.22. The number of rotatable bonds is 3. The molecule has 104 valence electrons. The van der Waals surface area contributed by atoms with Crippen LogP contribution in [0.1, 0.15) is 25.5 Å². The molecule has 0 fully saturated rings. The molecule has 1 aromatic heterocycles. The van der Waals surface area contributed by atoms with Crippen LogP contribution in [-0.2, 0) is 0 Å². The van der Waals surface area contributed by atoms with Gasteiger partial charge in [0.25, 0.3) is 0 Å². The van der Waals surface area contributed by atoms with Gasteiger partial charge in [-0.05, 0) is 32.0 Å². The zero-order chi connectivity index (χ0) is 14.2. The molecule has 1 aliphatic heterocycles. The fourth-order valence-electron chi connectivity index (χ4n) is 2.60. The highest BCUT2D eigenvalue weighted by Gasteiger charge is 2.41. The Morgan fingerprint density at radius 3 is 2.80 bits per heavy atom. The number of pyridine rings is 1. The Kier molecular flexibility index (Phi) is 3.01. The van der Waals surface area contributed by atoms with E-state index in [-0.39, 0.29) is 11.6 Å². The van der Waals surface area contributed by atoms with Crippen molar-refractivity contribution in [1.29, 1.82) is 0 Å². The van der Waals surface area contributed by atoms with Crippen molar-refractivity contribution < 1.29 is 9.47 Å². The molecule has 20 heavy (non-hydrogen) atoms. The molecular weight excluding hydrogens is 252 g/mol. The van der Waals surface area contributed by atoms with E-state index in [1.807, 2.05) is 30.3 Å². The molecule has 1 N–H and O–H groups in total. The van der Waals surface area contributed by atoms with Crippen molar-refractivity contribution in [2.75, 3.05) is 12.4 Å². The molecule has 1 atom stereocenters. The number of para-hydroxylation sites is 1. The van der Waals surface area contributed by atoms with E-state index in [0.29, 0.717) is 5.88 Å². The summed E-state index contributed by atoms with van der Waals surface area (Å²) in [5.41, 5.74) is 1.70. The second-order valence-corrected chi connectivity index (χ2v) is 5.38. The number of hydrogen-bond donors (Lipinski definition) is 1. The minimum atomic E-state index is -0.329. The van der Waals surface area contributed by atoms with Crippen LogP contribution >= 0.6 is 0 Å². The van der Waals surface area contributed by atoms with Crippen molar-refractivity contribution in [3.8, 4) is 11.6 Å². The van der Waals surface area contributed by atoms with E-state index < -0.39 is 0 Å². The molecule has 0 amide bonds. The fourth-order valence-corrected chi connectivity index (χ4v) is 2.60. The largest absolute Gasteiger partial charge is 0.485 e. The lowest BCUT2D eigenvalue weighted by Crippen LogP contribution is -2.34. The average Bonchev–Trinajstić information content (AvgIpc) is 2.70. The number of anilines is 1.